The first-order valence-corrected chi connectivity index (χ1v) is 7.68. The highest BCUT2D eigenvalue weighted by Crippen LogP contribution is 2.59. The van der Waals surface area contributed by atoms with E-state index in [-0.39, 0.29) is 0 Å². The van der Waals surface area contributed by atoms with Crippen LogP contribution in [-0.2, 0) is 0 Å². The number of aryl methyl sites for hydroxylation is 1. The van der Waals surface area contributed by atoms with Crippen LogP contribution in [0.25, 0.3) is 0 Å². The van der Waals surface area contributed by atoms with Crippen molar-refractivity contribution in [2.24, 2.45) is 23.7 Å². The third-order valence-electron chi connectivity index (χ3n) is 5.82. The minimum absolute atomic E-state index is 0.357. The van der Waals surface area contributed by atoms with Crippen LogP contribution in [0, 0.1) is 30.6 Å². The number of aromatic nitrogens is 2. The molecule has 1 N–H and O–H groups in total. The summed E-state index contributed by atoms with van der Waals surface area (Å²) in [7, 11) is 0. The summed E-state index contributed by atoms with van der Waals surface area (Å²) in [6, 6.07) is 0. The zero-order valence-corrected chi connectivity index (χ0v) is 11.7. The molecule has 5 rings (SSSR count). The van der Waals surface area contributed by atoms with Crippen LogP contribution >= 0.6 is 0 Å². The Balaban J connectivity index is 1.78. The number of nitrogens with zero attached hydrogens (tertiary/aromatic N) is 2. The summed E-state index contributed by atoms with van der Waals surface area (Å²) in [5.74, 6) is 2.58. The Hall–Kier alpha value is -1.45. The molecule has 1 aromatic heterocycles. The molecule has 1 aromatic rings. The zero-order chi connectivity index (χ0) is 13.9. The van der Waals surface area contributed by atoms with E-state index in [4.69, 9.17) is 0 Å². The zero-order valence-electron chi connectivity index (χ0n) is 11.7. The fraction of sp³-hybridized carbons (Fsp3) is 0.688. The molecule has 4 aliphatic rings. The van der Waals surface area contributed by atoms with Gasteiger partial charge in [-0.25, -0.2) is 14.8 Å². The van der Waals surface area contributed by atoms with Crippen LogP contribution in [0.15, 0.2) is 6.33 Å². The molecular formula is C16H20N2O2. The van der Waals surface area contributed by atoms with E-state index in [9.17, 15) is 9.90 Å². The average molecular weight is 272 g/mol. The number of hydrogen-bond donors (Lipinski definition) is 1. The molecule has 0 saturated heterocycles. The van der Waals surface area contributed by atoms with Gasteiger partial charge in [-0.3, -0.25) is 0 Å². The highest BCUT2D eigenvalue weighted by atomic mass is 16.4. The smallest absolute Gasteiger partial charge is 0.339 e. The Labute approximate surface area is 118 Å². The van der Waals surface area contributed by atoms with E-state index in [0.717, 1.165) is 17.5 Å². The first kappa shape index (κ1) is 12.3. The fourth-order valence-electron chi connectivity index (χ4n) is 5.38. The Bertz CT molecular complexity index is 542. The van der Waals surface area contributed by atoms with Crippen LogP contribution in [0.5, 0.6) is 0 Å². The van der Waals surface area contributed by atoms with Crippen LogP contribution in [0.2, 0.25) is 0 Å². The van der Waals surface area contributed by atoms with Crippen LogP contribution in [-0.4, -0.2) is 21.0 Å². The number of hydrogen-bond acceptors (Lipinski definition) is 3. The third kappa shape index (κ3) is 1.70. The van der Waals surface area contributed by atoms with Crippen molar-refractivity contribution in [1.29, 1.82) is 0 Å². The predicted molar refractivity (Wildman–Crippen MR) is 73.5 cm³/mol. The molecule has 0 atom stereocenters. The molecular weight excluding hydrogens is 252 g/mol. The molecule has 4 nitrogen and oxygen atoms in total. The quantitative estimate of drug-likeness (QED) is 0.898. The lowest BCUT2D eigenvalue weighted by Crippen LogP contribution is -2.44. The van der Waals surface area contributed by atoms with Crippen molar-refractivity contribution >= 4 is 5.97 Å². The second-order valence-electron chi connectivity index (χ2n) is 6.98. The van der Waals surface area contributed by atoms with E-state index >= 15 is 0 Å². The fourth-order valence-corrected chi connectivity index (χ4v) is 5.38. The van der Waals surface area contributed by atoms with E-state index in [2.05, 4.69) is 9.97 Å². The van der Waals surface area contributed by atoms with Crippen LogP contribution in [0.1, 0.15) is 59.8 Å². The summed E-state index contributed by atoms with van der Waals surface area (Å²) >= 11 is 0. The normalized spacial score (nSPS) is 38.1. The van der Waals surface area contributed by atoms with Gasteiger partial charge in [0.25, 0.3) is 0 Å². The van der Waals surface area contributed by atoms with Gasteiger partial charge in [-0.1, -0.05) is 0 Å². The second-order valence-corrected chi connectivity index (χ2v) is 6.98. The minimum Gasteiger partial charge on any atom is -0.478 e. The van der Waals surface area contributed by atoms with Gasteiger partial charge in [0.05, 0.1) is 11.4 Å². The first-order valence-electron chi connectivity index (χ1n) is 7.68. The predicted octanol–water partition coefficient (Wildman–Crippen LogP) is 3.02. The van der Waals surface area contributed by atoms with Gasteiger partial charge in [0.1, 0.15) is 11.9 Å². The highest BCUT2D eigenvalue weighted by Gasteiger charge is 2.50. The van der Waals surface area contributed by atoms with Crippen molar-refractivity contribution < 1.29 is 9.90 Å². The topological polar surface area (TPSA) is 63.1 Å². The Morgan fingerprint density at radius 2 is 1.70 bits per heavy atom. The van der Waals surface area contributed by atoms with Gasteiger partial charge in [0.15, 0.2) is 0 Å². The summed E-state index contributed by atoms with van der Waals surface area (Å²) < 4.78 is 0. The van der Waals surface area contributed by atoms with Gasteiger partial charge in [0.2, 0.25) is 0 Å². The van der Waals surface area contributed by atoms with E-state index < -0.39 is 5.97 Å². The molecule has 4 bridgehead atoms. The summed E-state index contributed by atoms with van der Waals surface area (Å²) in [6.45, 7) is 1.78. The molecule has 106 valence electrons. The molecule has 0 aliphatic heterocycles. The van der Waals surface area contributed by atoms with E-state index in [1.807, 2.05) is 0 Å². The SMILES string of the molecule is Cc1ncnc(C2C3CC4CC(C3)CC2C4)c1C(=O)O. The van der Waals surface area contributed by atoms with Crippen LogP contribution in [0.4, 0.5) is 0 Å². The number of carboxylic acid groups (broad SMARTS) is 1. The molecule has 0 spiro atoms. The molecule has 4 fully saturated rings. The molecule has 4 saturated carbocycles. The monoisotopic (exact) mass is 272 g/mol. The van der Waals surface area contributed by atoms with Gasteiger partial charge < -0.3 is 5.11 Å². The number of carboxylic acids is 1. The lowest BCUT2D eigenvalue weighted by molar-refractivity contribution is -0.00463. The van der Waals surface area contributed by atoms with E-state index in [1.54, 1.807) is 13.3 Å². The van der Waals surface area contributed by atoms with Crippen molar-refractivity contribution in [3.8, 4) is 0 Å². The minimum atomic E-state index is -0.869. The largest absolute Gasteiger partial charge is 0.478 e. The summed E-state index contributed by atoms with van der Waals surface area (Å²) in [4.78, 5) is 20.1. The maximum Gasteiger partial charge on any atom is 0.339 e. The van der Waals surface area contributed by atoms with Gasteiger partial charge in [0, 0.05) is 5.92 Å². The van der Waals surface area contributed by atoms with Crippen molar-refractivity contribution in [3.63, 3.8) is 0 Å². The van der Waals surface area contributed by atoms with Crippen molar-refractivity contribution in [1.82, 2.24) is 9.97 Å². The maximum atomic E-state index is 11.6. The average Bonchev–Trinajstić information content (AvgIpc) is 2.36. The molecule has 0 aromatic carbocycles. The van der Waals surface area contributed by atoms with Gasteiger partial charge in [-0.2, -0.15) is 0 Å². The Kier molecular flexibility index (Phi) is 2.63. The Morgan fingerprint density at radius 1 is 1.10 bits per heavy atom. The Morgan fingerprint density at radius 3 is 2.25 bits per heavy atom. The number of rotatable bonds is 2. The summed E-state index contributed by atoms with van der Waals surface area (Å²) in [6.07, 6.45) is 8.07. The van der Waals surface area contributed by atoms with Crippen LogP contribution in [0.3, 0.4) is 0 Å². The lowest BCUT2D eigenvalue weighted by atomic mass is 9.51. The first-order chi connectivity index (χ1) is 9.63. The van der Waals surface area contributed by atoms with Gasteiger partial charge in [-0.15, -0.1) is 0 Å². The van der Waals surface area contributed by atoms with E-state index in [1.165, 1.54) is 32.1 Å². The summed E-state index contributed by atoms with van der Waals surface area (Å²) in [5.41, 5.74) is 1.79. The molecule has 20 heavy (non-hydrogen) atoms. The lowest BCUT2D eigenvalue weighted by Gasteiger charge is -2.54. The highest BCUT2D eigenvalue weighted by molar-refractivity contribution is 5.90. The maximum absolute atomic E-state index is 11.6. The molecule has 0 unspecified atom stereocenters. The van der Waals surface area contributed by atoms with Crippen molar-refractivity contribution in [2.45, 2.75) is 44.9 Å². The molecule has 1 heterocycles. The number of aromatic carboxylic acids is 1. The van der Waals surface area contributed by atoms with Crippen LogP contribution < -0.4 is 0 Å². The molecule has 0 amide bonds. The molecule has 4 heteroatoms. The van der Waals surface area contributed by atoms with E-state index in [0.29, 0.717) is 29.0 Å². The van der Waals surface area contributed by atoms with Gasteiger partial charge in [-0.05, 0) is 62.7 Å². The van der Waals surface area contributed by atoms with Crippen molar-refractivity contribution in [2.75, 3.05) is 0 Å². The standard InChI is InChI=1S/C16H20N2O2/c1-8-13(16(19)20)15(18-7-17-8)14-11-3-9-2-10(5-11)6-12(14)4-9/h7,9-12,14H,2-6H2,1H3,(H,19,20). The number of carbonyl (C=O) groups is 1. The third-order valence-corrected chi connectivity index (χ3v) is 5.82. The molecule has 0 radical (unpaired) electrons. The summed E-state index contributed by atoms with van der Waals surface area (Å²) in [5, 5.41) is 9.52. The second kappa shape index (κ2) is 4.27. The molecule has 4 aliphatic carbocycles. The van der Waals surface area contributed by atoms with Crippen molar-refractivity contribution in [3.05, 3.63) is 23.3 Å². The van der Waals surface area contributed by atoms with Gasteiger partial charge >= 0.3 is 5.97 Å².